The zero-order valence-corrected chi connectivity index (χ0v) is 17.4. The molecule has 3 saturated heterocycles. The van der Waals surface area contributed by atoms with Crippen LogP contribution in [0.3, 0.4) is 0 Å². The van der Waals surface area contributed by atoms with Crippen LogP contribution in [0, 0.1) is 11.6 Å². The van der Waals surface area contributed by atoms with Crippen LogP contribution in [0.2, 0.25) is 0 Å². The summed E-state index contributed by atoms with van der Waals surface area (Å²) >= 11 is 1.61. The molecule has 3 fully saturated rings. The van der Waals surface area contributed by atoms with E-state index >= 15 is 0 Å². The minimum atomic E-state index is -3.98. The number of carbonyl (C=O) groups is 2. The van der Waals surface area contributed by atoms with Crippen LogP contribution in [0.15, 0.2) is 23.1 Å². The normalized spacial score (nSPS) is 28.1. The number of halogens is 2. The molecule has 1 aromatic rings. The zero-order chi connectivity index (χ0) is 21.0. The monoisotopic (exact) mass is 445 g/mol. The molecule has 3 aliphatic rings. The van der Waals surface area contributed by atoms with Gasteiger partial charge in [0, 0.05) is 38.4 Å². The van der Waals surface area contributed by atoms with Crippen LogP contribution in [0.4, 0.5) is 8.78 Å². The summed E-state index contributed by atoms with van der Waals surface area (Å²) in [6, 6.07) is 1.96. The summed E-state index contributed by atoms with van der Waals surface area (Å²) < 4.78 is 53.1. The van der Waals surface area contributed by atoms with Crippen LogP contribution < -0.4 is 0 Å². The highest BCUT2D eigenvalue weighted by atomic mass is 32.2. The number of carbonyl (C=O) groups excluding carboxylic acids is 2. The van der Waals surface area contributed by atoms with Gasteiger partial charge in [-0.2, -0.15) is 4.31 Å². The fourth-order valence-electron chi connectivity index (χ4n) is 4.15. The first-order valence-electron chi connectivity index (χ1n) is 9.34. The van der Waals surface area contributed by atoms with E-state index in [1.165, 1.54) is 0 Å². The van der Waals surface area contributed by atoms with E-state index in [2.05, 4.69) is 0 Å². The molecule has 0 N–H and O–H groups in total. The van der Waals surface area contributed by atoms with Gasteiger partial charge in [0.1, 0.15) is 6.04 Å². The van der Waals surface area contributed by atoms with Gasteiger partial charge in [-0.3, -0.25) is 9.59 Å². The number of hydrogen-bond acceptors (Lipinski definition) is 5. The first-order valence-corrected chi connectivity index (χ1v) is 11.8. The van der Waals surface area contributed by atoms with Crippen molar-refractivity contribution in [3.8, 4) is 0 Å². The molecule has 0 aliphatic carbocycles. The Morgan fingerprint density at radius 3 is 2.52 bits per heavy atom. The topological polar surface area (TPSA) is 78.0 Å². The first kappa shape index (κ1) is 20.5. The lowest BCUT2D eigenvalue weighted by atomic mass is 10.2. The van der Waals surface area contributed by atoms with Gasteiger partial charge in [0.2, 0.25) is 21.8 Å². The van der Waals surface area contributed by atoms with E-state index in [1.807, 2.05) is 6.92 Å². The van der Waals surface area contributed by atoms with Crippen LogP contribution in [0.5, 0.6) is 0 Å². The van der Waals surface area contributed by atoms with Gasteiger partial charge in [-0.15, -0.1) is 11.8 Å². The number of nitrogens with zero attached hydrogens (tertiary/aromatic N) is 3. The number of fused-ring (bicyclic) bond motifs is 1. The van der Waals surface area contributed by atoms with E-state index in [0.717, 1.165) is 22.9 Å². The molecule has 0 radical (unpaired) electrons. The summed E-state index contributed by atoms with van der Waals surface area (Å²) in [5.41, 5.74) is 0. The lowest BCUT2D eigenvalue weighted by molar-refractivity contribution is -0.144. The fourth-order valence-corrected chi connectivity index (χ4v) is 7.01. The third kappa shape index (κ3) is 3.42. The number of thioether (sulfide) groups is 1. The highest BCUT2D eigenvalue weighted by Gasteiger charge is 2.53. The number of amides is 2. The Bertz CT molecular complexity index is 966. The van der Waals surface area contributed by atoms with Crippen molar-refractivity contribution >= 4 is 33.6 Å². The molecule has 158 valence electrons. The fraction of sp³-hybridized carbons (Fsp3) is 0.556. The van der Waals surface area contributed by atoms with Crippen LogP contribution in [-0.2, 0) is 19.6 Å². The van der Waals surface area contributed by atoms with Crippen LogP contribution in [-0.4, -0.2) is 77.2 Å². The average Bonchev–Trinajstić information content (AvgIpc) is 3.19. The van der Waals surface area contributed by atoms with Crippen molar-refractivity contribution in [3.05, 3.63) is 29.8 Å². The lowest BCUT2D eigenvalue weighted by Gasteiger charge is -2.37. The van der Waals surface area contributed by atoms with Crippen molar-refractivity contribution in [3.63, 3.8) is 0 Å². The molecule has 0 spiro atoms. The summed E-state index contributed by atoms with van der Waals surface area (Å²) in [6.07, 6.45) is 1.16. The Morgan fingerprint density at radius 1 is 1.17 bits per heavy atom. The summed E-state index contributed by atoms with van der Waals surface area (Å²) in [5.74, 6) is -1.99. The molecular weight excluding hydrogens is 424 g/mol. The highest BCUT2D eigenvalue weighted by molar-refractivity contribution is 8.01. The molecule has 4 rings (SSSR count). The maximum Gasteiger partial charge on any atom is 0.246 e. The Morgan fingerprint density at radius 2 is 1.86 bits per heavy atom. The molecule has 0 aromatic heterocycles. The molecule has 0 bridgehead atoms. The van der Waals surface area contributed by atoms with Crippen molar-refractivity contribution in [2.45, 2.75) is 35.6 Å². The Labute approximate surface area is 172 Å². The van der Waals surface area contributed by atoms with Gasteiger partial charge in [-0.05, 0) is 31.5 Å². The number of hydrogen-bond donors (Lipinski definition) is 0. The van der Waals surface area contributed by atoms with Gasteiger partial charge in [0.05, 0.1) is 9.77 Å². The van der Waals surface area contributed by atoms with Crippen LogP contribution in [0.1, 0.15) is 19.8 Å². The minimum Gasteiger partial charge on any atom is -0.338 e. The quantitative estimate of drug-likeness (QED) is 0.700. The molecule has 7 nitrogen and oxygen atoms in total. The third-order valence-corrected chi connectivity index (χ3v) is 9.21. The first-order chi connectivity index (χ1) is 13.6. The van der Waals surface area contributed by atoms with E-state index in [1.54, 1.807) is 21.6 Å². The molecular formula is C18H21F2N3O4S2. The molecule has 3 aliphatic heterocycles. The highest BCUT2D eigenvalue weighted by Crippen LogP contribution is 2.47. The number of rotatable bonds is 3. The minimum absolute atomic E-state index is 0.0181. The van der Waals surface area contributed by atoms with Gasteiger partial charge >= 0.3 is 0 Å². The van der Waals surface area contributed by atoms with E-state index in [4.69, 9.17) is 0 Å². The molecule has 0 unspecified atom stereocenters. The molecule has 3 heterocycles. The van der Waals surface area contributed by atoms with Gasteiger partial charge in [0.15, 0.2) is 11.6 Å². The smallest absolute Gasteiger partial charge is 0.246 e. The van der Waals surface area contributed by atoms with Gasteiger partial charge in [-0.1, -0.05) is 0 Å². The second kappa shape index (κ2) is 7.21. The average molecular weight is 446 g/mol. The number of benzene rings is 1. The standard InChI is InChI=1S/C18H21F2N3O4S2/c1-18-5-4-16(24)23(18)15(11-28-18)17(25)21-6-8-22(9-7-21)29(26,27)12-2-3-13(19)14(20)10-12/h2-3,10,15H,4-9,11H2,1H3/t15-,18-/m1/s1. The van der Waals surface area contributed by atoms with Crippen LogP contribution in [0.25, 0.3) is 0 Å². The van der Waals surface area contributed by atoms with E-state index in [-0.39, 0.29) is 47.8 Å². The van der Waals surface area contributed by atoms with Gasteiger partial charge < -0.3 is 9.80 Å². The second-order valence-corrected chi connectivity index (χ2v) is 11.0. The van der Waals surface area contributed by atoms with Crippen molar-refractivity contribution in [2.75, 3.05) is 31.9 Å². The summed E-state index contributed by atoms with van der Waals surface area (Å²) in [7, 11) is -3.98. The maximum absolute atomic E-state index is 13.4. The van der Waals surface area contributed by atoms with E-state index in [9.17, 15) is 26.8 Å². The zero-order valence-electron chi connectivity index (χ0n) is 15.8. The molecule has 1 aromatic carbocycles. The molecule has 29 heavy (non-hydrogen) atoms. The van der Waals surface area contributed by atoms with Crippen molar-refractivity contribution in [2.24, 2.45) is 0 Å². The molecule has 2 atom stereocenters. The maximum atomic E-state index is 13.4. The Balaban J connectivity index is 1.43. The van der Waals surface area contributed by atoms with Crippen molar-refractivity contribution in [1.82, 2.24) is 14.1 Å². The lowest BCUT2D eigenvalue weighted by Crippen LogP contribution is -2.56. The van der Waals surface area contributed by atoms with Gasteiger partial charge in [0.25, 0.3) is 0 Å². The van der Waals surface area contributed by atoms with Crippen molar-refractivity contribution in [1.29, 1.82) is 0 Å². The summed E-state index contributed by atoms with van der Waals surface area (Å²) in [5, 5.41) is 0. The predicted octanol–water partition coefficient (Wildman–Crippen LogP) is 1.25. The predicted molar refractivity (Wildman–Crippen MR) is 102 cm³/mol. The molecule has 0 saturated carbocycles. The molecule has 2 amide bonds. The summed E-state index contributed by atoms with van der Waals surface area (Å²) in [6.45, 7) is 2.45. The second-order valence-electron chi connectivity index (χ2n) is 7.57. The van der Waals surface area contributed by atoms with E-state index < -0.39 is 27.7 Å². The Kier molecular flexibility index (Phi) is 5.11. The third-order valence-electron chi connectivity index (χ3n) is 5.81. The van der Waals surface area contributed by atoms with E-state index in [0.29, 0.717) is 18.2 Å². The number of piperazine rings is 1. The van der Waals surface area contributed by atoms with Crippen LogP contribution >= 0.6 is 11.8 Å². The Hall–Kier alpha value is -1.72. The number of sulfonamides is 1. The van der Waals surface area contributed by atoms with Gasteiger partial charge in [-0.25, -0.2) is 17.2 Å². The molecule has 11 heteroatoms. The largest absolute Gasteiger partial charge is 0.338 e. The van der Waals surface area contributed by atoms with Crippen molar-refractivity contribution < 1.29 is 26.8 Å². The SMILES string of the molecule is C[C@@]12CCC(=O)N1[C@@H](C(=O)N1CCN(S(=O)(=O)c3ccc(F)c(F)c3)CC1)CS2. The summed E-state index contributed by atoms with van der Waals surface area (Å²) in [4.78, 5) is 27.9.